The van der Waals surface area contributed by atoms with Crippen LogP contribution in [0.25, 0.3) is 10.2 Å². The molecule has 2 aromatic heterocycles. The van der Waals surface area contributed by atoms with Gasteiger partial charge in [0.1, 0.15) is 12.1 Å². The second-order valence-electron chi connectivity index (χ2n) is 5.52. The molecule has 1 N–H and O–H groups in total. The SMILES string of the molecule is CCC1CN(c2ncnc3c(C)csc23)C(CC)CN1. The summed E-state index contributed by atoms with van der Waals surface area (Å²) in [6.45, 7) is 8.71. The van der Waals surface area contributed by atoms with Gasteiger partial charge < -0.3 is 10.2 Å². The second kappa shape index (κ2) is 5.66. The largest absolute Gasteiger partial charge is 0.350 e. The minimum absolute atomic E-state index is 0.526. The van der Waals surface area contributed by atoms with Crippen molar-refractivity contribution in [3.63, 3.8) is 0 Å². The van der Waals surface area contributed by atoms with E-state index in [2.05, 4.69) is 46.3 Å². The fourth-order valence-electron chi connectivity index (χ4n) is 2.92. The summed E-state index contributed by atoms with van der Waals surface area (Å²) in [6.07, 6.45) is 4.01. The molecule has 3 heterocycles. The van der Waals surface area contributed by atoms with Crippen LogP contribution in [0, 0.1) is 6.92 Å². The number of fused-ring (bicyclic) bond motifs is 1. The molecule has 20 heavy (non-hydrogen) atoms. The van der Waals surface area contributed by atoms with Crippen molar-refractivity contribution in [1.29, 1.82) is 0 Å². The lowest BCUT2D eigenvalue weighted by molar-refractivity contribution is 0.377. The summed E-state index contributed by atoms with van der Waals surface area (Å²) in [5, 5.41) is 5.82. The van der Waals surface area contributed by atoms with E-state index in [1.54, 1.807) is 17.7 Å². The third-order valence-electron chi connectivity index (χ3n) is 4.25. The van der Waals surface area contributed by atoms with Crippen LogP contribution in [0.5, 0.6) is 0 Å². The van der Waals surface area contributed by atoms with Crippen molar-refractivity contribution in [2.45, 2.75) is 45.7 Å². The van der Waals surface area contributed by atoms with Gasteiger partial charge in [-0.25, -0.2) is 9.97 Å². The number of anilines is 1. The lowest BCUT2D eigenvalue weighted by Crippen LogP contribution is -2.56. The van der Waals surface area contributed by atoms with Crippen LogP contribution < -0.4 is 10.2 Å². The number of thiophene rings is 1. The Balaban J connectivity index is 2.02. The normalized spacial score (nSPS) is 23.4. The molecule has 0 spiro atoms. The topological polar surface area (TPSA) is 41.1 Å². The highest BCUT2D eigenvalue weighted by molar-refractivity contribution is 7.18. The third-order valence-corrected chi connectivity index (χ3v) is 5.33. The van der Waals surface area contributed by atoms with Crippen LogP contribution >= 0.6 is 11.3 Å². The zero-order valence-corrected chi connectivity index (χ0v) is 13.2. The Morgan fingerprint density at radius 3 is 2.95 bits per heavy atom. The van der Waals surface area contributed by atoms with E-state index in [-0.39, 0.29) is 0 Å². The Morgan fingerprint density at radius 1 is 1.35 bits per heavy atom. The summed E-state index contributed by atoms with van der Waals surface area (Å²) < 4.78 is 1.24. The quantitative estimate of drug-likeness (QED) is 0.943. The molecule has 0 radical (unpaired) electrons. The fraction of sp³-hybridized carbons (Fsp3) is 0.600. The van der Waals surface area contributed by atoms with E-state index in [0.717, 1.165) is 37.3 Å². The first kappa shape index (κ1) is 13.8. The van der Waals surface area contributed by atoms with E-state index in [9.17, 15) is 0 Å². The molecule has 3 rings (SSSR count). The maximum absolute atomic E-state index is 4.61. The van der Waals surface area contributed by atoms with Gasteiger partial charge in [0.25, 0.3) is 0 Å². The summed E-state index contributed by atoms with van der Waals surface area (Å²) in [4.78, 5) is 11.5. The number of piperazine rings is 1. The molecule has 108 valence electrons. The molecule has 5 heteroatoms. The minimum Gasteiger partial charge on any atom is -0.350 e. The Kier molecular flexibility index (Phi) is 3.89. The Bertz CT molecular complexity index is 595. The number of aromatic nitrogens is 2. The van der Waals surface area contributed by atoms with Crippen molar-refractivity contribution in [2.24, 2.45) is 0 Å². The minimum atomic E-state index is 0.526. The van der Waals surface area contributed by atoms with Gasteiger partial charge in [0.05, 0.1) is 10.2 Å². The summed E-state index contributed by atoms with van der Waals surface area (Å²) in [6, 6.07) is 1.09. The average molecular weight is 290 g/mol. The fourth-order valence-corrected chi connectivity index (χ4v) is 3.93. The molecule has 0 aromatic carbocycles. The number of rotatable bonds is 3. The van der Waals surface area contributed by atoms with Crippen molar-refractivity contribution < 1.29 is 0 Å². The zero-order chi connectivity index (χ0) is 14.1. The molecule has 2 aromatic rings. The Labute approximate surface area is 124 Å². The zero-order valence-electron chi connectivity index (χ0n) is 12.4. The van der Waals surface area contributed by atoms with Gasteiger partial charge in [0, 0.05) is 25.2 Å². The molecule has 0 amide bonds. The lowest BCUT2D eigenvalue weighted by atomic mass is 10.1. The van der Waals surface area contributed by atoms with Gasteiger partial charge in [-0.05, 0) is 30.7 Å². The van der Waals surface area contributed by atoms with Gasteiger partial charge in [-0.1, -0.05) is 13.8 Å². The monoisotopic (exact) mass is 290 g/mol. The average Bonchev–Trinajstić information content (AvgIpc) is 2.88. The van der Waals surface area contributed by atoms with Crippen molar-refractivity contribution >= 4 is 27.4 Å². The highest BCUT2D eigenvalue weighted by atomic mass is 32.1. The molecular weight excluding hydrogens is 268 g/mol. The first-order chi connectivity index (χ1) is 9.74. The van der Waals surface area contributed by atoms with Crippen molar-refractivity contribution in [3.05, 3.63) is 17.3 Å². The van der Waals surface area contributed by atoms with Crippen LogP contribution in [0.4, 0.5) is 5.82 Å². The number of hydrogen-bond acceptors (Lipinski definition) is 5. The highest BCUT2D eigenvalue weighted by Crippen LogP contribution is 2.33. The standard InChI is InChI=1S/C15H22N4S/c1-4-11-7-19(12(5-2)6-16-11)15-14-13(17-9-18-15)10(3)8-20-14/h8-9,11-12,16H,4-7H2,1-3H3. The Morgan fingerprint density at radius 2 is 2.20 bits per heavy atom. The lowest BCUT2D eigenvalue weighted by Gasteiger charge is -2.40. The van der Waals surface area contributed by atoms with E-state index < -0.39 is 0 Å². The highest BCUT2D eigenvalue weighted by Gasteiger charge is 2.28. The molecule has 1 fully saturated rings. The van der Waals surface area contributed by atoms with Gasteiger partial charge in [-0.15, -0.1) is 11.3 Å². The molecule has 0 saturated carbocycles. The van der Waals surface area contributed by atoms with Gasteiger partial charge >= 0.3 is 0 Å². The molecule has 0 aliphatic carbocycles. The second-order valence-corrected chi connectivity index (χ2v) is 6.40. The predicted octanol–water partition coefficient (Wildman–Crippen LogP) is 2.97. The molecule has 0 bridgehead atoms. The maximum atomic E-state index is 4.61. The number of nitrogens with one attached hydrogen (secondary N) is 1. The maximum Gasteiger partial charge on any atom is 0.150 e. The number of aryl methyl sites for hydroxylation is 1. The van der Waals surface area contributed by atoms with Gasteiger partial charge in [-0.3, -0.25) is 0 Å². The summed E-state index contributed by atoms with van der Waals surface area (Å²) in [5.41, 5.74) is 2.37. The molecule has 1 aliphatic heterocycles. The van der Waals surface area contributed by atoms with Gasteiger partial charge in [0.15, 0.2) is 0 Å². The number of nitrogens with zero attached hydrogens (tertiary/aromatic N) is 3. The van der Waals surface area contributed by atoms with Crippen LogP contribution in [-0.2, 0) is 0 Å². The van der Waals surface area contributed by atoms with Crippen LogP contribution in [0.1, 0.15) is 32.3 Å². The van der Waals surface area contributed by atoms with E-state index in [1.807, 2.05) is 0 Å². The van der Waals surface area contributed by atoms with E-state index in [4.69, 9.17) is 0 Å². The van der Waals surface area contributed by atoms with Gasteiger partial charge in [0.2, 0.25) is 0 Å². The van der Waals surface area contributed by atoms with Crippen molar-refractivity contribution in [1.82, 2.24) is 15.3 Å². The van der Waals surface area contributed by atoms with E-state index in [0.29, 0.717) is 12.1 Å². The number of hydrogen-bond donors (Lipinski definition) is 1. The Hall–Kier alpha value is -1.20. The van der Waals surface area contributed by atoms with Crippen molar-refractivity contribution in [3.8, 4) is 0 Å². The van der Waals surface area contributed by atoms with E-state index >= 15 is 0 Å². The van der Waals surface area contributed by atoms with E-state index in [1.165, 1.54) is 10.3 Å². The molecule has 1 saturated heterocycles. The van der Waals surface area contributed by atoms with Crippen molar-refractivity contribution in [2.75, 3.05) is 18.0 Å². The summed E-state index contributed by atoms with van der Waals surface area (Å²) >= 11 is 1.77. The van der Waals surface area contributed by atoms with Crippen LogP contribution in [-0.4, -0.2) is 35.1 Å². The molecule has 2 unspecified atom stereocenters. The first-order valence-corrected chi connectivity index (χ1v) is 8.31. The predicted molar refractivity (Wildman–Crippen MR) is 85.7 cm³/mol. The molecule has 1 aliphatic rings. The van der Waals surface area contributed by atoms with Gasteiger partial charge in [-0.2, -0.15) is 0 Å². The third kappa shape index (κ3) is 2.29. The summed E-state index contributed by atoms with van der Waals surface area (Å²) in [7, 11) is 0. The molecule has 2 atom stereocenters. The first-order valence-electron chi connectivity index (χ1n) is 7.43. The molecule has 4 nitrogen and oxygen atoms in total. The summed E-state index contributed by atoms with van der Waals surface area (Å²) in [5.74, 6) is 1.12. The van der Waals surface area contributed by atoms with Crippen LogP contribution in [0.2, 0.25) is 0 Å². The van der Waals surface area contributed by atoms with Crippen LogP contribution in [0.3, 0.4) is 0 Å². The smallest absolute Gasteiger partial charge is 0.150 e. The van der Waals surface area contributed by atoms with Crippen LogP contribution in [0.15, 0.2) is 11.7 Å². The molecular formula is C15H22N4S.